The Labute approximate surface area is 107 Å². The molecule has 0 aliphatic rings. The van der Waals surface area contributed by atoms with E-state index in [9.17, 15) is 4.79 Å². The summed E-state index contributed by atoms with van der Waals surface area (Å²) in [5, 5.41) is 2.40. The second kappa shape index (κ2) is 5.50. The van der Waals surface area contributed by atoms with E-state index in [2.05, 4.69) is 24.3 Å². The molecule has 0 saturated carbocycles. The monoisotopic (exact) mass is 239 g/mol. The maximum atomic E-state index is 10.9. The number of hydrogen-bond donors (Lipinski definition) is 1. The molecule has 0 unspecified atom stereocenters. The molecule has 2 aromatic carbocycles. The van der Waals surface area contributed by atoms with E-state index in [1.807, 2.05) is 25.1 Å². The fourth-order valence-corrected chi connectivity index (χ4v) is 2.15. The van der Waals surface area contributed by atoms with Crippen LogP contribution in [0.25, 0.3) is 10.8 Å². The second-order valence-electron chi connectivity index (χ2n) is 4.34. The number of benzene rings is 2. The van der Waals surface area contributed by atoms with Crippen molar-refractivity contribution in [3.63, 3.8) is 0 Å². The van der Waals surface area contributed by atoms with Crippen LogP contribution in [0.4, 0.5) is 0 Å². The van der Waals surface area contributed by atoms with Gasteiger partial charge in [-0.25, -0.2) is 0 Å². The number of aldehydes is 1. The SMILES string of the molecule is CC/C(C=O)=C(\N)Cc1cccc2ccccc12. The molecule has 2 heteroatoms. The van der Waals surface area contributed by atoms with Crippen molar-refractivity contribution in [2.45, 2.75) is 19.8 Å². The van der Waals surface area contributed by atoms with Crippen LogP contribution in [-0.4, -0.2) is 6.29 Å². The lowest BCUT2D eigenvalue weighted by Gasteiger charge is -2.08. The Hall–Kier alpha value is -2.09. The van der Waals surface area contributed by atoms with Crippen molar-refractivity contribution in [2.24, 2.45) is 5.73 Å². The van der Waals surface area contributed by atoms with E-state index in [4.69, 9.17) is 5.73 Å². The highest BCUT2D eigenvalue weighted by atomic mass is 16.1. The number of rotatable bonds is 4. The van der Waals surface area contributed by atoms with Gasteiger partial charge in [-0.1, -0.05) is 49.4 Å². The minimum atomic E-state index is 0.628. The van der Waals surface area contributed by atoms with Crippen molar-refractivity contribution in [1.29, 1.82) is 0 Å². The summed E-state index contributed by atoms with van der Waals surface area (Å²) in [5.74, 6) is 0. The van der Waals surface area contributed by atoms with Gasteiger partial charge in [-0.15, -0.1) is 0 Å². The summed E-state index contributed by atoms with van der Waals surface area (Å²) in [7, 11) is 0. The summed E-state index contributed by atoms with van der Waals surface area (Å²) in [4.78, 5) is 10.9. The first-order valence-corrected chi connectivity index (χ1v) is 6.15. The van der Waals surface area contributed by atoms with Crippen molar-refractivity contribution in [3.05, 3.63) is 59.3 Å². The third kappa shape index (κ3) is 2.43. The topological polar surface area (TPSA) is 43.1 Å². The Bertz CT molecular complexity index is 594. The number of carbonyl (C=O) groups excluding carboxylic acids is 1. The molecule has 18 heavy (non-hydrogen) atoms. The van der Waals surface area contributed by atoms with Crippen molar-refractivity contribution in [3.8, 4) is 0 Å². The van der Waals surface area contributed by atoms with Crippen LogP contribution < -0.4 is 5.73 Å². The lowest BCUT2D eigenvalue weighted by Crippen LogP contribution is -2.07. The van der Waals surface area contributed by atoms with Gasteiger partial charge in [-0.3, -0.25) is 4.79 Å². The average molecular weight is 239 g/mol. The van der Waals surface area contributed by atoms with Crippen molar-refractivity contribution >= 4 is 17.1 Å². The smallest absolute Gasteiger partial charge is 0.147 e. The highest BCUT2D eigenvalue weighted by Crippen LogP contribution is 2.21. The van der Waals surface area contributed by atoms with Gasteiger partial charge in [0, 0.05) is 17.7 Å². The highest BCUT2D eigenvalue weighted by Gasteiger charge is 2.05. The third-order valence-corrected chi connectivity index (χ3v) is 3.20. The van der Waals surface area contributed by atoms with Crippen LogP contribution in [0.2, 0.25) is 0 Å². The van der Waals surface area contributed by atoms with E-state index in [-0.39, 0.29) is 0 Å². The first kappa shape index (κ1) is 12.4. The number of hydrogen-bond acceptors (Lipinski definition) is 2. The maximum absolute atomic E-state index is 10.9. The maximum Gasteiger partial charge on any atom is 0.147 e. The largest absolute Gasteiger partial charge is 0.401 e. The summed E-state index contributed by atoms with van der Waals surface area (Å²) in [6, 6.07) is 14.4. The minimum Gasteiger partial charge on any atom is -0.401 e. The van der Waals surface area contributed by atoms with E-state index in [1.165, 1.54) is 16.3 Å². The number of fused-ring (bicyclic) bond motifs is 1. The molecule has 0 fully saturated rings. The Morgan fingerprint density at radius 2 is 1.89 bits per heavy atom. The molecule has 2 rings (SSSR count). The molecule has 2 aromatic rings. The van der Waals surface area contributed by atoms with Gasteiger partial charge in [0.2, 0.25) is 0 Å². The number of carbonyl (C=O) groups is 1. The molecule has 0 aromatic heterocycles. The molecular weight excluding hydrogens is 222 g/mol. The predicted molar refractivity (Wildman–Crippen MR) is 75.2 cm³/mol. The Morgan fingerprint density at radius 3 is 2.61 bits per heavy atom. The average Bonchev–Trinajstić information content (AvgIpc) is 2.40. The molecular formula is C16H17NO. The van der Waals surface area contributed by atoms with Gasteiger partial charge in [-0.2, -0.15) is 0 Å². The lowest BCUT2D eigenvalue weighted by atomic mass is 9.99. The summed E-state index contributed by atoms with van der Waals surface area (Å²) in [5.41, 5.74) is 8.54. The van der Waals surface area contributed by atoms with Gasteiger partial charge >= 0.3 is 0 Å². The molecule has 92 valence electrons. The zero-order chi connectivity index (χ0) is 13.0. The Kier molecular flexibility index (Phi) is 3.78. The van der Waals surface area contributed by atoms with Gasteiger partial charge in [0.15, 0.2) is 0 Å². The van der Waals surface area contributed by atoms with Gasteiger partial charge in [0.1, 0.15) is 6.29 Å². The number of allylic oxidation sites excluding steroid dienone is 2. The van der Waals surface area contributed by atoms with E-state index in [1.54, 1.807) is 0 Å². The predicted octanol–water partition coefficient (Wildman–Crippen LogP) is 3.20. The first-order chi connectivity index (χ1) is 8.76. The van der Waals surface area contributed by atoms with Crippen LogP contribution in [0.1, 0.15) is 18.9 Å². The second-order valence-corrected chi connectivity index (χ2v) is 4.34. The molecule has 0 heterocycles. The van der Waals surface area contributed by atoms with Crippen LogP contribution in [-0.2, 0) is 11.2 Å². The van der Waals surface area contributed by atoms with E-state index in [0.29, 0.717) is 24.1 Å². The van der Waals surface area contributed by atoms with Gasteiger partial charge in [0.25, 0.3) is 0 Å². The normalized spacial score (nSPS) is 12.3. The summed E-state index contributed by atoms with van der Waals surface area (Å²) >= 11 is 0. The van der Waals surface area contributed by atoms with Crippen LogP contribution >= 0.6 is 0 Å². The summed E-state index contributed by atoms with van der Waals surface area (Å²) < 4.78 is 0. The molecule has 0 aliphatic heterocycles. The summed E-state index contributed by atoms with van der Waals surface area (Å²) in [6.45, 7) is 1.94. The fourth-order valence-electron chi connectivity index (χ4n) is 2.15. The third-order valence-electron chi connectivity index (χ3n) is 3.20. The standard InChI is InChI=1S/C16H17NO/c1-2-12(11-18)16(17)10-14-8-5-7-13-6-3-4-9-15(13)14/h3-9,11H,2,10,17H2,1H3/b16-12+. The van der Waals surface area contributed by atoms with Gasteiger partial charge in [-0.05, 0) is 22.8 Å². The molecule has 2 nitrogen and oxygen atoms in total. The van der Waals surface area contributed by atoms with Crippen LogP contribution in [0.3, 0.4) is 0 Å². The van der Waals surface area contributed by atoms with E-state index >= 15 is 0 Å². The first-order valence-electron chi connectivity index (χ1n) is 6.15. The van der Waals surface area contributed by atoms with Crippen molar-refractivity contribution < 1.29 is 4.79 Å². The molecule has 0 saturated heterocycles. The van der Waals surface area contributed by atoms with Gasteiger partial charge in [0.05, 0.1) is 0 Å². The fraction of sp³-hybridized carbons (Fsp3) is 0.188. The van der Waals surface area contributed by atoms with Crippen LogP contribution in [0, 0.1) is 0 Å². The lowest BCUT2D eigenvalue weighted by molar-refractivity contribution is -0.105. The Morgan fingerprint density at radius 1 is 1.17 bits per heavy atom. The molecule has 0 spiro atoms. The van der Waals surface area contributed by atoms with Crippen molar-refractivity contribution in [1.82, 2.24) is 0 Å². The molecule has 0 amide bonds. The molecule has 0 radical (unpaired) electrons. The van der Waals surface area contributed by atoms with Gasteiger partial charge < -0.3 is 5.73 Å². The van der Waals surface area contributed by atoms with E-state index in [0.717, 1.165) is 6.29 Å². The van der Waals surface area contributed by atoms with E-state index < -0.39 is 0 Å². The van der Waals surface area contributed by atoms with Crippen LogP contribution in [0.5, 0.6) is 0 Å². The quantitative estimate of drug-likeness (QED) is 0.657. The molecule has 0 aliphatic carbocycles. The number of nitrogens with two attached hydrogens (primary N) is 1. The van der Waals surface area contributed by atoms with Crippen molar-refractivity contribution in [2.75, 3.05) is 0 Å². The zero-order valence-corrected chi connectivity index (χ0v) is 10.5. The zero-order valence-electron chi connectivity index (χ0n) is 10.5. The molecule has 2 N–H and O–H groups in total. The molecule has 0 bridgehead atoms. The summed E-state index contributed by atoms with van der Waals surface area (Å²) in [6.07, 6.45) is 2.17. The minimum absolute atomic E-state index is 0.628. The van der Waals surface area contributed by atoms with Crippen LogP contribution in [0.15, 0.2) is 53.7 Å². The molecule has 0 atom stereocenters. The Balaban J connectivity index is 2.44. The highest BCUT2D eigenvalue weighted by molar-refractivity contribution is 5.86.